The Morgan fingerprint density at radius 1 is 1.45 bits per heavy atom. The molecule has 6 nitrogen and oxygen atoms in total. The van der Waals surface area contributed by atoms with Crippen LogP contribution in [0.15, 0.2) is 38.6 Å². The van der Waals surface area contributed by atoms with Gasteiger partial charge in [-0.3, -0.25) is 9.78 Å². The number of aromatic nitrogens is 2. The summed E-state index contributed by atoms with van der Waals surface area (Å²) in [6.07, 6.45) is 3.32. The number of nitrogens with zero attached hydrogens (tertiary/aromatic N) is 2. The van der Waals surface area contributed by atoms with Crippen LogP contribution in [0.2, 0.25) is 0 Å². The van der Waals surface area contributed by atoms with Crippen molar-refractivity contribution in [1.29, 1.82) is 0 Å². The van der Waals surface area contributed by atoms with E-state index in [1.165, 1.54) is 6.07 Å². The van der Waals surface area contributed by atoms with E-state index >= 15 is 0 Å². The second-order valence-electron chi connectivity index (χ2n) is 4.60. The molecule has 2 aromatic rings. The lowest BCUT2D eigenvalue weighted by Crippen LogP contribution is -2.11. The highest BCUT2D eigenvalue weighted by Gasteiger charge is 2.01. The lowest BCUT2D eigenvalue weighted by Gasteiger charge is -2.04. The van der Waals surface area contributed by atoms with Crippen LogP contribution in [0.1, 0.15) is 24.6 Å². The molecule has 0 bridgehead atoms. The van der Waals surface area contributed by atoms with Gasteiger partial charge in [0.25, 0.3) is 5.56 Å². The molecule has 0 atom stereocenters. The highest BCUT2D eigenvalue weighted by molar-refractivity contribution is 9.10. The first-order valence-corrected chi connectivity index (χ1v) is 7.64. The molecule has 0 aliphatic carbocycles. The maximum atomic E-state index is 11.5. The largest absolute Gasteiger partial charge is 0.496 e. The van der Waals surface area contributed by atoms with Crippen molar-refractivity contribution in [1.82, 2.24) is 9.97 Å². The molecule has 116 valence electrons. The Bertz CT molecular complexity index is 728. The predicted octanol–water partition coefficient (Wildman–Crippen LogP) is 2.94. The Hall–Kier alpha value is -2.15. The van der Waals surface area contributed by atoms with Crippen LogP contribution < -0.4 is 15.7 Å². The predicted molar refractivity (Wildman–Crippen MR) is 90.8 cm³/mol. The smallest absolute Gasteiger partial charge is 0.252 e. The topological polar surface area (TPSA) is 79.4 Å². The number of benzene rings is 1. The SMILES string of the molecule is CCCc1cc(=O)[nH]c(N/N=C/c2ccc(OC)c(Br)c2)n1. The number of hydrogen-bond donors (Lipinski definition) is 2. The molecule has 1 aromatic carbocycles. The molecule has 22 heavy (non-hydrogen) atoms. The summed E-state index contributed by atoms with van der Waals surface area (Å²) in [5.74, 6) is 1.09. The fourth-order valence-electron chi connectivity index (χ4n) is 1.88. The lowest BCUT2D eigenvalue weighted by atomic mass is 10.2. The molecule has 0 aliphatic heterocycles. The average Bonchev–Trinajstić information content (AvgIpc) is 2.47. The van der Waals surface area contributed by atoms with Gasteiger partial charge in [0, 0.05) is 11.8 Å². The molecule has 0 amide bonds. The minimum atomic E-state index is -0.191. The Morgan fingerprint density at radius 2 is 2.27 bits per heavy atom. The van der Waals surface area contributed by atoms with Gasteiger partial charge in [-0.25, -0.2) is 10.4 Å². The monoisotopic (exact) mass is 364 g/mol. The number of halogens is 1. The van der Waals surface area contributed by atoms with Crippen molar-refractivity contribution in [3.8, 4) is 5.75 Å². The Kier molecular flexibility index (Phi) is 5.71. The molecule has 2 N–H and O–H groups in total. The fourth-order valence-corrected chi connectivity index (χ4v) is 2.43. The first-order chi connectivity index (χ1) is 10.6. The van der Waals surface area contributed by atoms with Crippen molar-refractivity contribution < 1.29 is 4.74 Å². The maximum Gasteiger partial charge on any atom is 0.252 e. The van der Waals surface area contributed by atoms with Crippen LogP contribution in [0.4, 0.5) is 5.95 Å². The summed E-state index contributed by atoms with van der Waals surface area (Å²) in [6, 6.07) is 7.10. The van der Waals surface area contributed by atoms with Crippen molar-refractivity contribution in [2.24, 2.45) is 5.10 Å². The zero-order valence-corrected chi connectivity index (χ0v) is 14.0. The third kappa shape index (κ3) is 4.42. The van der Waals surface area contributed by atoms with Gasteiger partial charge >= 0.3 is 0 Å². The van der Waals surface area contributed by atoms with Gasteiger partial charge in [-0.1, -0.05) is 13.3 Å². The maximum absolute atomic E-state index is 11.5. The van der Waals surface area contributed by atoms with Crippen LogP contribution in [0.3, 0.4) is 0 Å². The second kappa shape index (κ2) is 7.74. The third-order valence-electron chi connectivity index (χ3n) is 2.86. The number of nitrogens with one attached hydrogen (secondary N) is 2. The summed E-state index contributed by atoms with van der Waals surface area (Å²) in [6.45, 7) is 2.04. The number of hydrazone groups is 1. The van der Waals surface area contributed by atoms with Crippen molar-refractivity contribution in [2.45, 2.75) is 19.8 Å². The highest BCUT2D eigenvalue weighted by atomic mass is 79.9. The lowest BCUT2D eigenvalue weighted by molar-refractivity contribution is 0.412. The van der Waals surface area contributed by atoms with E-state index in [1.54, 1.807) is 13.3 Å². The summed E-state index contributed by atoms with van der Waals surface area (Å²) >= 11 is 3.41. The first-order valence-electron chi connectivity index (χ1n) is 6.85. The van der Waals surface area contributed by atoms with Crippen LogP contribution in [0.25, 0.3) is 0 Å². The summed E-state index contributed by atoms with van der Waals surface area (Å²) in [5.41, 5.74) is 4.17. The van der Waals surface area contributed by atoms with Crippen molar-refractivity contribution >= 4 is 28.1 Å². The summed E-state index contributed by atoms with van der Waals surface area (Å²) in [4.78, 5) is 18.4. The van der Waals surface area contributed by atoms with Gasteiger partial charge in [0.1, 0.15) is 5.75 Å². The summed E-state index contributed by atoms with van der Waals surface area (Å²) in [5, 5.41) is 4.08. The number of methoxy groups -OCH3 is 1. The van der Waals surface area contributed by atoms with Gasteiger partial charge in [0.05, 0.1) is 17.8 Å². The van der Waals surface area contributed by atoms with Crippen molar-refractivity contribution in [2.75, 3.05) is 12.5 Å². The van der Waals surface area contributed by atoms with Crippen molar-refractivity contribution in [3.63, 3.8) is 0 Å². The fraction of sp³-hybridized carbons (Fsp3) is 0.267. The van der Waals surface area contributed by atoms with E-state index < -0.39 is 0 Å². The molecule has 0 saturated heterocycles. The normalized spacial score (nSPS) is 10.9. The molecular formula is C15H17BrN4O2. The number of anilines is 1. The minimum absolute atomic E-state index is 0.191. The quantitative estimate of drug-likeness (QED) is 0.609. The van der Waals surface area contributed by atoms with Crippen LogP contribution in [-0.2, 0) is 6.42 Å². The molecular weight excluding hydrogens is 348 g/mol. The Balaban J connectivity index is 2.09. The number of aromatic amines is 1. The molecule has 0 radical (unpaired) electrons. The molecule has 0 unspecified atom stereocenters. The first kappa shape index (κ1) is 16.2. The van der Waals surface area contributed by atoms with Crippen LogP contribution in [0, 0.1) is 0 Å². The Morgan fingerprint density at radius 3 is 2.95 bits per heavy atom. The number of rotatable bonds is 6. The molecule has 1 heterocycles. The zero-order chi connectivity index (χ0) is 15.9. The third-order valence-corrected chi connectivity index (χ3v) is 3.48. The van der Waals surface area contributed by atoms with E-state index in [-0.39, 0.29) is 5.56 Å². The van der Waals surface area contributed by atoms with E-state index in [9.17, 15) is 4.79 Å². The highest BCUT2D eigenvalue weighted by Crippen LogP contribution is 2.24. The van der Waals surface area contributed by atoms with Crippen molar-refractivity contribution in [3.05, 3.63) is 50.3 Å². The molecule has 2 rings (SSSR count). The second-order valence-corrected chi connectivity index (χ2v) is 5.45. The molecule has 0 aliphatic rings. The zero-order valence-electron chi connectivity index (χ0n) is 12.4. The average molecular weight is 365 g/mol. The molecule has 0 spiro atoms. The minimum Gasteiger partial charge on any atom is -0.496 e. The van der Waals surface area contributed by atoms with Gasteiger partial charge in [-0.2, -0.15) is 5.10 Å². The van der Waals surface area contributed by atoms with E-state index in [4.69, 9.17) is 4.74 Å². The number of aryl methyl sites for hydroxylation is 1. The van der Waals surface area contributed by atoms with E-state index in [1.807, 2.05) is 25.1 Å². The molecule has 0 fully saturated rings. The van der Waals surface area contributed by atoms with Gasteiger partial charge in [0.2, 0.25) is 5.95 Å². The van der Waals surface area contributed by atoms with Gasteiger partial charge in [-0.15, -0.1) is 0 Å². The van der Waals surface area contributed by atoms with Crippen LogP contribution >= 0.6 is 15.9 Å². The number of H-pyrrole nitrogens is 1. The summed E-state index contributed by atoms with van der Waals surface area (Å²) < 4.78 is 6.01. The molecule has 7 heteroatoms. The van der Waals surface area contributed by atoms with E-state index in [0.29, 0.717) is 5.95 Å². The standard InChI is InChI=1S/C15H17BrN4O2/c1-3-4-11-8-14(21)19-15(18-11)20-17-9-10-5-6-13(22-2)12(16)7-10/h5-9H,3-4H2,1-2H3,(H2,18,19,20,21)/b17-9+. The van der Waals surface area contributed by atoms with Gasteiger partial charge in [0.15, 0.2) is 0 Å². The number of hydrogen-bond acceptors (Lipinski definition) is 5. The molecule has 1 aromatic heterocycles. The van der Waals surface area contributed by atoms with E-state index in [2.05, 4.69) is 36.4 Å². The van der Waals surface area contributed by atoms with Crippen LogP contribution in [0.5, 0.6) is 5.75 Å². The molecule has 0 saturated carbocycles. The van der Waals surface area contributed by atoms with Crippen LogP contribution in [-0.4, -0.2) is 23.3 Å². The Labute approximate surface area is 136 Å². The summed E-state index contributed by atoms with van der Waals surface area (Å²) in [7, 11) is 1.61. The number of ether oxygens (including phenoxy) is 1. The van der Waals surface area contributed by atoms with E-state index in [0.717, 1.165) is 34.3 Å². The van der Waals surface area contributed by atoms with Gasteiger partial charge < -0.3 is 4.74 Å². The van der Waals surface area contributed by atoms with Gasteiger partial charge in [-0.05, 0) is 46.1 Å².